The fourth-order valence-corrected chi connectivity index (χ4v) is 8.36. The SMILES string of the molecule is CCO[C@]12C[C@@H](O)C[C@@H](O)[C@H](O)CC[C@@H](O)C[C@@H](O)CC(=O)O[C@@H](C)[C@H](C)[C@H](O)[C@@H](C)/C=C/C=C/C=C/C=C/C=C/C=C/C=C/[C@H](O[C@@H]3O[C@H](C)[C@@H](O)[C@H](N)[C@@H]3O)C[C@H](O1)[C@H](C(=O)O)[C@@H](O)C2. The van der Waals surface area contributed by atoms with Gasteiger partial charge in [0.25, 0.3) is 0 Å². The van der Waals surface area contributed by atoms with Crippen molar-refractivity contribution in [1.82, 2.24) is 0 Å². The van der Waals surface area contributed by atoms with E-state index in [0.717, 1.165) is 0 Å². The first-order valence-electron chi connectivity index (χ1n) is 23.3. The Labute approximate surface area is 394 Å². The van der Waals surface area contributed by atoms with Crippen LogP contribution in [0.25, 0.3) is 0 Å². The number of aliphatic carboxylic acids is 1. The van der Waals surface area contributed by atoms with Crippen LogP contribution < -0.4 is 5.73 Å². The maximum absolute atomic E-state index is 12.7. The van der Waals surface area contributed by atoms with E-state index < -0.39 is 134 Å². The molecule has 3 heterocycles. The number of hydrogen-bond donors (Lipinski definition) is 11. The topological polar surface area (TPSA) is 309 Å². The van der Waals surface area contributed by atoms with Crippen molar-refractivity contribution in [3.63, 3.8) is 0 Å². The first-order chi connectivity index (χ1) is 31.7. The molecule has 3 aliphatic rings. The lowest BCUT2D eigenvalue weighted by Gasteiger charge is -2.47. The molecular weight excluding hydrogens is 875 g/mol. The van der Waals surface area contributed by atoms with Gasteiger partial charge in [0.05, 0.1) is 79.6 Å². The van der Waals surface area contributed by atoms with Gasteiger partial charge in [-0.2, -0.15) is 0 Å². The highest BCUT2D eigenvalue weighted by Gasteiger charge is 2.52. The number of carbonyl (C=O) groups is 2. The summed E-state index contributed by atoms with van der Waals surface area (Å²) in [6.45, 7) is 8.44. The van der Waals surface area contributed by atoms with Gasteiger partial charge in [-0.3, -0.25) is 9.59 Å². The smallest absolute Gasteiger partial charge is 0.311 e. The van der Waals surface area contributed by atoms with Crippen molar-refractivity contribution >= 4 is 11.9 Å². The maximum Gasteiger partial charge on any atom is 0.311 e. The summed E-state index contributed by atoms with van der Waals surface area (Å²) in [5.74, 6) is -6.10. The van der Waals surface area contributed by atoms with E-state index in [9.17, 15) is 60.7 Å². The van der Waals surface area contributed by atoms with E-state index in [2.05, 4.69) is 0 Å². The second-order valence-corrected chi connectivity index (χ2v) is 18.0. The molecule has 18 nitrogen and oxygen atoms in total. The Morgan fingerprint density at radius 1 is 0.687 bits per heavy atom. The van der Waals surface area contributed by atoms with Crippen LogP contribution in [0.4, 0.5) is 0 Å². The molecule has 19 atom stereocenters. The Kier molecular flexibility index (Phi) is 25.0. The van der Waals surface area contributed by atoms with Crippen molar-refractivity contribution in [3.8, 4) is 0 Å². The van der Waals surface area contributed by atoms with Crippen molar-refractivity contribution < 1.29 is 84.3 Å². The number of carboxylic acid groups (broad SMARTS) is 1. The zero-order valence-corrected chi connectivity index (χ0v) is 39.2. The van der Waals surface area contributed by atoms with Crippen LogP contribution in [0.15, 0.2) is 85.1 Å². The van der Waals surface area contributed by atoms with Gasteiger partial charge >= 0.3 is 11.9 Å². The number of allylic oxidation sites excluding steroid dienone is 12. The van der Waals surface area contributed by atoms with Gasteiger partial charge in [-0.25, -0.2) is 0 Å². The average Bonchev–Trinajstić information content (AvgIpc) is 3.25. The van der Waals surface area contributed by atoms with Crippen LogP contribution in [0.3, 0.4) is 0 Å². The van der Waals surface area contributed by atoms with Gasteiger partial charge in [0, 0.05) is 44.1 Å². The third-order valence-electron chi connectivity index (χ3n) is 12.4. The molecule has 18 heteroatoms. The Morgan fingerprint density at radius 2 is 1.27 bits per heavy atom. The standard InChI is InChI=1S/C49H77NO17/c1-6-63-49-27-35(53)24-38(55)37(54)22-21-33(51)23-34(52)25-41(57)64-31(4)30(3)44(58)29(2)19-17-15-13-11-9-7-8-10-12-14-16-18-20-36(26-40(67-49)42(47(61)62)39(56)28-49)66-48-46(60)43(50)45(59)32(5)65-48/h7-20,29-40,42-46,48,51-56,58-60H,6,21-28,50H2,1-5H3,(H,61,62)/b8-7+,11-9+,12-10+,15-13+,16-14+,19-17+,20-18+/t29-,30-,31-,32+,33+,34+,35-,36-,37+,38+,39-,40-,42+,43-,44+,45+,46-,48-,49+/m0/s1. The highest BCUT2D eigenvalue weighted by atomic mass is 16.7. The van der Waals surface area contributed by atoms with Gasteiger partial charge in [-0.05, 0) is 40.0 Å². The van der Waals surface area contributed by atoms with Gasteiger partial charge in [0.2, 0.25) is 0 Å². The number of aliphatic hydroxyl groups excluding tert-OH is 9. The van der Waals surface area contributed by atoms with Crippen LogP contribution in [0.1, 0.15) is 86.0 Å². The second-order valence-electron chi connectivity index (χ2n) is 18.0. The molecule has 380 valence electrons. The third kappa shape index (κ3) is 19.1. The fraction of sp³-hybridized carbons (Fsp3) is 0.673. The van der Waals surface area contributed by atoms with E-state index >= 15 is 0 Å². The Morgan fingerprint density at radius 3 is 1.85 bits per heavy atom. The highest BCUT2D eigenvalue weighted by Crippen LogP contribution is 2.40. The molecule has 2 fully saturated rings. The lowest BCUT2D eigenvalue weighted by atomic mass is 9.82. The summed E-state index contributed by atoms with van der Waals surface area (Å²) in [4.78, 5) is 25.3. The lowest BCUT2D eigenvalue weighted by molar-refractivity contribution is -0.323. The number of rotatable bonds is 5. The summed E-state index contributed by atoms with van der Waals surface area (Å²) in [6, 6.07) is -1.13. The second kappa shape index (κ2) is 28.9. The molecule has 0 unspecified atom stereocenters. The van der Waals surface area contributed by atoms with E-state index in [1.807, 2.05) is 37.3 Å². The molecule has 3 rings (SSSR count). The first-order valence-corrected chi connectivity index (χ1v) is 23.3. The van der Waals surface area contributed by atoms with Crippen LogP contribution in [0, 0.1) is 17.8 Å². The number of fused-ring (bicyclic) bond motifs is 2. The average molecular weight is 952 g/mol. The van der Waals surface area contributed by atoms with Gasteiger partial charge < -0.3 is 80.5 Å². The van der Waals surface area contributed by atoms with Crippen LogP contribution in [0.2, 0.25) is 0 Å². The number of ether oxygens (including phenoxy) is 5. The predicted molar refractivity (Wildman–Crippen MR) is 246 cm³/mol. The van der Waals surface area contributed by atoms with E-state index in [4.69, 9.17) is 29.4 Å². The summed E-state index contributed by atoms with van der Waals surface area (Å²) in [6.07, 6.45) is 5.23. The summed E-state index contributed by atoms with van der Waals surface area (Å²) in [5, 5.41) is 108. The van der Waals surface area contributed by atoms with Crippen molar-refractivity contribution in [2.45, 2.75) is 183 Å². The minimum Gasteiger partial charge on any atom is -0.481 e. The number of esters is 1. The van der Waals surface area contributed by atoms with Crippen molar-refractivity contribution in [2.75, 3.05) is 6.61 Å². The van der Waals surface area contributed by atoms with Gasteiger partial charge in [0.1, 0.15) is 18.1 Å². The molecule has 12 N–H and O–H groups in total. The molecule has 3 aliphatic heterocycles. The molecule has 67 heavy (non-hydrogen) atoms. The fourth-order valence-electron chi connectivity index (χ4n) is 8.36. The monoisotopic (exact) mass is 952 g/mol. The van der Waals surface area contributed by atoms with E-state index in [0.29, 0.717) is 0 Å². The summed E-state index contributed by atoms with van der Waals surface area (Å²) in [5.41, 5.74) is 6.07. The number of hydrogen-bond acceptors (Lipinski definition) is 17. The summed E-state index contributed by atoms with van der Waals surface area (Å²) >= 11 is 0. The molecule has 0 aromatic carbocycles. The molecule has 0 aliphatic carbocycles. The maximum atomic E-state index is 12.7. The molecule has 0 radical (unpaired) electrons. The quantitative estimate of drug-likeness (QED) is 0.175. The van der Waals surface area contributed by atoms with Crippen LogP contribution >= 0.6 is 0 Å². The molecule has 0 spiro atoms. The molecule has 0 aromatic rings. The largest absolute Gasteiger partial charge is 0.481 e. The number of nitrogens with two attached hydrogens (primary N) is 1. The minimum absolute atomic E-state index is 0.00949. The van der Waals surface area contributed by atoms with Gasteiger partial charge in [-0.1, -0.05) is 98.9 Å². The van der Waals surface area contributed by atoms with E-state index in [1.165, 1.54) is 0 Å². The van der Waals surface area contributed by atoms with Gasteiger partial charge in [-0.15, -0.1) is 0 Å². The molecule has 2 saturated heterocycles. The van der Waals surface area contributed by atoms with E-state index in [-0.39, 0.29) is 51.0 Å². The number of carboxylic acids is 1. The Balaban J connectivity index is 1.91. The molecular formula is C49H77NO17. The molecule has 0 amide bonds. The summed E-state index contributed by atoms with van der Waals surface area (Å²) < 4.78 is 29.8. The zero-order chi connectivity index (χ0) is 49.8. The predicted octanol–water partition coefficient (Wildman–Crippen LogP) is 1.76. The zero-order valence-electron chi connectivity index (χ0n) is 39.2. The van der Waals surface area contributed by atoms with E-state index in [1.54, 1.807) is 82.4 Å². The molecule has 2 bridgehead atoms. The highest BCUT2D eigenvalue weighted by molar-refractivity contribution is 5.71. The van der Waals surface area contributed by atoms with Crippen LogP contribution in [-0.2, 0) is 33.3 Å². The van der Waals surface area contributed by atoms with Gasteiger partial charge in [0.15, 0.2) is 12.1 Å². The number of aliphatic hydroxyl groups is 9. The van der Waals surface area contributed by atoms with Crippen molar-refractivity contribution in [1.29, 1.82) is 0 Å². The Bertz CT molecular complexity index is 1700. The lowest BCUT2D eigenvalue weighted by Crippen LogP contribution is -2.61. The molecule has 0 saturated carbocycles. The third-order valence-corrected chi connectivity index (χ3v) is 12.4. The van der Waals surface area contributed by atoms with Crippen LogP contribution in [-0.4, -0.2) is 167 Å². The molecule has 0 aromatic heterocycles. The van der Waals surface area contributed by atoms with Crippen LogP contribution in [0.5, 0.6) is 0 Å². The Hall–Kier alpha value is -3.44. The normalized spacial score (nSPS) is 44.5. The van der Waals surface area contributed by atoms with Crippen molar-refractivity contribution in [2.24, 2.45) is 23.5 Å². The van der Waals surface area contributed by atoms with Crippen molar-refractivity contribution in [3.05, 3.63) is 85.1 Å². The first kappa shape index (κ1) is 57.9. The number of cyclic esters (lactones) is 1. The minimum atomic E-state index is -1.78. The summed E-state index contributed by atoms with van der Waals surface area (Å²) in [7, 11) is 0. The number of carbonyl (C=O) groups excluding carboxylic acids is 1.